The molecule has 2 N–H and O–H groups in total. The highest BCUT2D eigenvalue weighted by atomic mass is 79.9. The highest BCUT2D eigenvalue weighted by Gasteiger charge is 2.17. The van der Waals surface area contributed by atoms with Crippen LogP contribution in [0.1, 0.15) is 18.5 Å². The Bertz CT molecular complexity index is 692. The van der Waals surface area contributed by atoms with E-state index < -0.39 is 4.92 Å². The Labute approximate surface area is 134 Å². The number of hydrogen-bond acceptors (Lipinski definition) is 4. The van der Waals surface area contributed by atoms with Crippen molar-refractivity contribution in [2.45, 2.75) is 13.0 Å². The molecule has 0 fully saturated rings. The van der Waals surface area contributed by atoms with Crippen LogP contribution in [-0.4, -0.2) is 4.92 Å². The molecule has 1 atom stereocenters. The standard InChI is InChI=1S/C14H12BrClN2O3/c1-8(17)11-4-3-10(7-12(11)15)21-14-5-2-9(16)6-13(14)18(19)20/h2-8H,17H2,1H3/t8-/m1/s1. The van der Waals surface area contributed by atoms with Crippen LogP contribution < -0.4 is 10.5 Å². The lowest BCUT2D eigenvalue weighted by Crippen LogP contribution is -2.05. The van der Waals surface area contributed by atoms with Crippen molar-refractivity contribution < 1.29 is 9.66 Å². The molecule has 0 heterocycles. The summed E-state index contributed by atoms with van der Waals surface area (Å²) in [5.74, 6) is 0.599. The highest BCUT2D eigenvalue weighted by molar-refractivity contribution is 9.10. The van der Waals surface area contributed by atoms with E-state index in [2.05, 4.69) is 15.9 Å². The lowest BCUT2D eigenvalue weighted by atomic mass is 10.1. The molecule has 0 saturated carbocycles. The van der Waals surface area contributed by atoms with E-state index in [0.29, 0.717) is 5.75 Å². The molecule has 0 bridgehead atoms. The van der Waals surface area contributed by atoms with Gasteiger partial charge in [0.05, 0.1) is 4.92 Å². The summed E-state index contributed by atoms with van der Waals surface area (Å²) >= 11 is 9.17. The molecule has 110 valence electrons. The first kappa shape index (κ1) is 15.8. The first-order valence-electron chi connectivity index (χ1n) is 6.05. The van der Waals surface area contributed by atoms with Crippen molar-refractivity contribution >= 4 is 33.2 Å². The van der Waals surface area contributed by atoms with Crippen molar-refractivity contribution in [1.29, 1.82) is 0 Å². The molecule has 0 unspecified atom stereocenters. The van der Waals surface area contributed by atoms with E-state index in [0.717, 1.165) is 10.0 Å². The Morgan fingerprint density at radius 1 is 1.33 bits per heavy atom. The van der Waals surface area contributed by atoms with Gasteiger partial charge in [-0.05, 0) is 36.8 Å². The number of ether oxygens (including phenoxy) is 1. The van der Waals surface area contributed by atoms with Crippen LogP contribution in [-0.2, 0) is 0 Å². The van der Waals surface area contributed by atoms with Gasteiger partial charge in [0.1, 0.15) is 5.75 Å². The van der Waals surface area contributed by atoms with Crippen LogP contribution in [0.5, 0.6) is 11.5 Å². The van der Waals surface area contributed by atoms with E-state index in [-0.39, 0.29) is 22.5 Å². The first-order chi connectivity index (χ1) is 9.88. The summed E-state index contributed by atoms with van der Waals surface area (Å²) < 4.78 is 6.35. The number of halogens is 2. The lowest BCUT2D eigenvalue weighted by molar-refractivity contribution is -0.385. The van der Waals surface area contributed by atoms with Crippen LogP contribution in [0.3, 0.4) is 0 Å². The fourth-order valence-corrected chi connectivity index (χ4v) is 2.67. The second-order valence-electron chi connectivity index (χ2n) is 4.44. The zero-order valence-electron chi connectivity index (χ0n) is 11.0. The van der Waals surface area contributed by atoms with E-state index in [1.807, 2.05) is 13.0 Å². The Hall–Kier alpha value is -1.63. The van der Waals surface area contributed by atoms with Gasteiger partial charge < -0.3 is 10.5 Å². The molecule has 21 heavy (non-hydrogen) atoms. The smallest absolute Gasteiger partial charge is 0.313 e. The molecule has 2 aromatic carbocycles. The average Bonchev–Trinajstić information content (AvgIpc) is 2.40. The Morgan fingerprint density at radius 2 is 2.05 bits per heavy atom. The zero-order chi connectivity index (χ0) is 15.6. The quantitative estimate of drug-likeness (QED) is 0.617. The molecule has 0 radical (unpaired) electrons. The van der Waals surface area contributed by atoms with Gasteiger partial charge >= 0.3 is 5.69 Å². The summed E-state index contributed by atoms with van der Waals surface area (Å²) in [6, 6.07) is 9.37. The van der Waals surface area contributed by atoms with E-state index in [4.69, 9.17) is 22.1 Å². The molecule has 5 nitrogen and oxygen atoms in total. The molecule has 0 saturated heterocycles. The van der Waals surface area contributed by atoms with Crippen molar-refractivity contribution in [2.24, 2.45) is 5.73 Å². The monoisotopic (exact) mass is 370 g/mol. The van der Waals surface area contributed by atoms with Crippen LogP contribution in [0.25, 0.3) is 0 Å². The number of nitrogens with zero attached hydrogens (tertiary/aromatic N) is 1. The third kappa shape index (κ3) is 3.72. The minimum Gasteiger partial charge on any atom is -0.450 e. The van der Waals surface area contributed by atoms with E-state index in [1.54, 1.807) is 12.1 Å². The van der Waals surface area contributed by atoms with Crippen LogP contribution in [0, 0.1) is 10.1 Å². The molecule has 0 aliphatic rings. The Kier molecular flexibility index (Phi) is 4.82. The summed E-state index contributed by atoms with van der Waals surface area (Å²) in [6.07, 6.45) is 0. The summed E-state index contributed by atoms with van der Waals surface area (Å²) in [5, 5.41) is 11.3. The van der Waals surface area contributed by atoms with Gasteiger partial charge in [-0.15, -0.1) is 0 Å². The van der Waals surface area contributed by atoms with Gasteiger partial charge in [-0.25, -0.2) is 0 Å². The van der Waals surface area contributed by atoms with Gasteiger partial charge in [-0.2, -0.15) is 0 Å². The minimum atomic E-state index is -0.535. The van der Waals surface area contributed by atoms with Gasteiger partial charge in [-0.3, -0.25) is 10.1 Å². The Morgan fingerprint density at radius 3 is 2.62 bits per heavy atom. The summed E-state index contributed by atoms with van der Waals surface area (Å²) in [4.78, 5) is 10.5. The molecule has 0 aliphatic carbocycles. The maximum Gasteiger partial charge on any atom is 0.313 e. The molecule has 0 aromatic heterocycles. The maximum atomic E-state index is 11.0. The number of nitro groups is 1. The molecule has 7 heteroatoms. The predicted molar refractivity (Wildman–Crippen MR) is 84.9 cm³/mol. The summed E-state index contributed by atoms with van der Waals surface area (Å²) in [5.41, 5.74) is 6.56. The minimum absolute atomic E-state index is 0.127. The number of nitrogens with two attached hydrogens (primary N) is 1. The van der Waals surface area contributed by atoms with Crippen LogP contribution in [0.2, 0.25) is 5.02 Å². The number of hydrogen-bond donors (Lipinski definition) is 1. The van der Waals surface area contributed by atoms with Gasteiger partial charge in [-0.1, -0.05) is 33.6 Å². The van der Waals surface area contributed by atoms with Crippen LogP contribution in [0.4, 0.5) is 5.69 Å². The van der Waals surface area contributed by atoms with Gasteiger partial charge in [0.2, 0.25) is 5.75 Å². The third-order valence-electron chi connectivity index (χ3n) is 2.81. The molecular formula is C14H12BrClN2O3. The van der Waals surface area contributed by atoms with Gasteiger partial charge in [0.25, 0.3) is 0 Å². The normalized spacial score (nSPS) is 12.0. The molecule has 2 rings (SSSR count). The van der Waals surface area contributed by atoms with E-state index in [9.17, 15) is 10.1 Å². The van der Waals surface area contributed by atoms with Crippen molar-refractivity contribution in [3.05, 3.63) is 61.6 Å². The fraction of sp³-hybridized carbons (Fsp3) is 0.143. The average molecular weight is 372 g/mol. The first-order valence-corrected chi connectivity index (χ1v) is 7.22. The van der Waals surface area contributed by atoms with Crippen molar-refractivity contribution in [2.75, 3.05) is 0 Å². The maximum absolute atomic E-state index is 11.0. The lowest BCUT2D eigenvalue weighted by Gasteiger charge is -2.11. The molecule has 2 aromatic rings. The Balaban J connectivity index is 2.35. The second kappa shape index (κ2) is 6.43. The van der Waals surface area contributed by atoms with Crippen molar-refractivity contribution in [1.82, 2.24) is 0 Å². The SMILES string of the molecule is C[C@@H](N)c1ccc(Oc2ccc(Cl)cc2[N+](=O)[O-])cc1Br. The number of nitro benzene ring substituents is 1. The molecule has 0 amide bonds. The van der Waals surface area contributed by atoms with Crippen LogP contribution >= 0.6 is 27.5 Å². The largest absolute Gasteiger partial charge is 0.450 e. The van der Waals surface area contributed by atoms with Gasteiger partial charge in [0.15, 0.2) is 0 Å². The van der Waals surface area contributed by atoms with Crippen molar-refractivity contribution in [3.63, 3.8) is 0 Å². The molecular weight excluding hydrogens is 360 g/mol. The summed E-state index contributed by atoms with van der Waals surface area (Å²) in [6.45, 7) is 1.87. The second-order valence-corrected chi connectivity index (χ2v) is 5.73. The topological polar surface area (TPSA) is 78.4 Å². The number of rotatable bonds is 4. The van der Waals surface area contributed by atoms with E-state index in [1.165, 1.54) is 18.2 Å². The number of benzene rings is 2. The predicted octanol–water partition coefficient (Wildman–Crippen LogP) is 4.82. The third-order valence-corrected chi connectivity index (χ3v) is 3.73. The highest BCUT2D eigenvalue weighted by Crippen LogP contribution is 2.35. The fourth-order valence-electron chi connectivity index (χ4n) is 1.79. The zero-order valence-corrected chi connectivity index (χ0v) is 13.4. The van der Waals surface area contributed by atoms with Crippen LogP contribution in [0.15, 0.2) is 40.9 Å². The molecule has 0 aliphatic heterocycles. The van der Waals surface area contributed by atoms with E-state index >= 15 is 0 Å². The van der Waals surface area contributed by atoms with Gasteiger partial charge in [0, 0.05) is 21.6 Å². The van der Waals surface area contributed by atoms with Crippen molar-refractivity contribution in [3.8, 4) is 11.5 Å². The summed E-state index contributed by atoms with van der Waals surface area (Å²) in [7, 11) is 0. The molecule has 0 spiro atoms.